The minimum atomic E-state index is -0.529. The molecular weight excluding hydrogens is 376 g/mol. The molecule has 1 N–H and O–H groups in total. The van der Waals surface area contributed by atoms with Crippen molar-refractivity contribution in [3.05, 3.63) is 89.1 Å². The van der Waals surface area contributed by atoms with Gasteiger partial charge in [-0.25, -0.2) is 19.6 Å². The van der Waals surface area contributed by atoms with Crippen molar-refractivity contribution in [1.82, 2.24) is 34.6 Å². The van der Waals surface area contributed by atoms with Gasteiger partial charge >= 0.3 is 0 Å². The molecule has 0 unspecified atom stereocenters. The molecule has 0 aliphatic heterocycles. The molecule has 144 valence electrons. The van der Waals surface area contributed by atoms with Gasteiger partial charge in [0.2, 0.25) is 0 Å². The first-order chi connectivity index (χ1) is 14.1. The SMILES string of the molecule is O=C(NCc1ccc(-n2cncn2)nc1)c1ccc(-n2ccnc2)c([N+](=O)[O-])c1. The second kappa shape index (κ2) is 7.68. The van der Waals surface area contributed by atoms with Crippen LogP contribution in [0.4, 0.5) is 5.69 Å². The molecule has 0 spiro atoms. The fraction of sp³-hybridized carbons (Fsp3) is 0.0556. The fourth-order valence-corrected chi connectivity index (χ4v) is 2.70. The summed E-state index contributed by atoms with van der Waals surface area (Å²) in [7, 11) is 0. The van der Waals surface area contributed by atoms with Crippen LogP contribution in [0.5, 0.6) is 0 Å². The normalized spacial score (nSPS) is 10.6. The summed E-state index contributed by atoms with van der Waals surface area (Å²) in [5.74, 6) is 0.175. The zero-order valence-corrected chi connectivity index (χ0v) is 14.9. The molecule has 11 heteroatoms. The molecule has 11 nitrogen and oxygen atoms in total. The van der Waals surface area contributed by atoms with E-state index in [0.29, 0.717) is 11.5 Å². The average molecular weight is 390 g/mol. The Hall–Kier alpha value is -4.41. The van der Waals surface area contributed by atoms with Gasteiger partial charge in [-0.1, -0.05) is 6.07 Å². The maximum absolute atomic E-state index is 12.4. The molecule has 0 saturated carbocycles. The number of nitrogens with zero attached hydrogens (tertiary/aromatic N) is 7. The monoisotopic (exact) mass is 390 g/mol. The maximum atomic E-state index is 12.4. The number of nitro benzene ring substituents is 1. The first-order valence-electron chi connectivity index (χ1n) is 8.47. The molecule has 3 heterocycles. The number of carbonyl (C=O) groups excluding carboxylic acids is 1. The molecule has 1 amide bonds. The van der Waals surface area contributed by atoms with Crippen molar-refractivity contribution < 1.29 is 9.72 Å². The Morgan fingerprint density at radius 2 is 2.07 bits per heavy atom. The lowest BCUT2D eigenvalue weighted by Gasteiger charge is -2.08. The predicted molar refractivity (Wildman–Crippen MR) is 101 cm³/mol. The maximum Gasteiger partial charge on any atom is 0.294 e. The summed E-state index contributed by atoms with van der Waals surface area (Å²) in [6, 6.07) is 7.85. The lowest BCUT2D eigenvalue weighted by Crippen LogP contribution is -2.23. The molecule has 0 aliphatic rings. The third kappa shape index (κ3) is 3.83. The van der Waals surface area contributed by atoms with Gasteiger partial charge in [-0.2, -0.15) is 5.10 Å². The minimum Gasteiger partial charge on any atom is -0.348 e. The lowest BCUT2D eigenvalue weighted by atomic mass is 10.1. The molecule has 4 rings (SSSR count). The van der Waals surface area contributed by atoms with E-state index in [1.807, 2.05) is 0 Å². The molecule has 0 bridgehead atoms. The van der Waals surface area contributed by atoms with Gasteiger partial charge in [0.15, 0.2) is 5.82 Å². The predicted octanol–water partition coefficient (Wildman–Crippen LogP) is 1.69. The number of pyridine rings is 1. The third-order valence-corrected chi connectivity index (χ3v) is 4.13. The van der Waals surface area contributed by atoms with Crippen LogP contribution in [0.3, 0.4) is 0 Å². The van der Waals surface area contributed by atoms with Crippen molar-refractivity contribution in [2.24, 2.45) is 0 Å². The zero-order chi connectivity index (χ0) is 20.2. The molecule has 0 fully saturated rings. The fourth-order valence-electron chi connectivity index (χ4n) is 2.70. The first-order valence-corrected chi connectivity index (χ1v) is 8.47. The van der Waals surface area contributed by atoms with Crippen LogP contribution in [-0.4, -0.2) is 40.1 Å². The van der Waals surface area contributed by atoms with Crippen LogP contribution in [0.2, 0.25) is 0 Å². The molecule has 29 heavy (non-hydrogen) atoms. The molecule has 3 aromatic heterocycles. The highest BCUT2D eigenvalue weighted by atomic mass is 16.6. The van der Waals surface area contributed by atoms with E-state index in [0.717, 1.165) is 5.56 Å². The van der Waals surface area contributed by atoms with E-state index in [2.05, 4.69) is 25.4 Å². The molecule has 4 aromatic rings. The summed E-state index contributed by atoms with van der Waals surface area (Å²) < 4.78 is 3.03. The highest BCUT2D eigenvalue weighted by Crippen LogP contribution is 2.24. The smallest absolute Gasteiger partial charge is 0.294 e. The van der Waals surface area contributed by atoms with Crippen LogP contribution < -0.4 is 5.32 Å². The quantitative estimate of drug-likeness (QED) is 0.391. The van der Waals surface area contributed by atoms with E-state index in [1.165, 1.54) is 52.6 Å². The van der Waals surface area contributed by atoms with Gasteiger partial charge in [0, 0.05) is 36.8 Å². The second-order valence-electron chi connectivity index (χ2n) is 5.98. The number of benzene rings is 1. The summed E-state index contributed by atoms with van der Waals surface area (Å²) in [5.41, 5.74) is 1.10. The van der Waals surface area contributed by atoms with Crippen LogP contribution in [0.1, 0.15) is 15.9 Å². The van der Waals surface area contributed by atoms with Gasteiger partial charge < -0.3 is 9.88 Å². The Kier molecular flexibility index (Phi) is 4.76. The van der Waals surface area contributed by atoms with Crippen LogP contribution in [0.15, 0.2) is 67.9 Å². The van der Waals surface area contributed by atoms with Crippen molar-refractivity contribution in [1.29, 1.82) is 0 Å². The van der Waals surface area contributed by atoms with Gasteiger partial charge in [-0.15, -0.1) is 0 Å². The molecular formula is C18H14N8O3. The first kappa shape index (κ1) is 18.0. The van der Waals surface area contributed by atoms with Gasteiger partial charge in [0.25, 0.3) is 11.6 Å². The van der Waals surface area contributed by atoms with Crippen molar-refractivity contribution in [2.75, 3.05) is 0 Å². The van der Waals surface area contributed by atoms with Crippen LogP contribution in [0, 0.1) is 10.1 Å². The lowest BCUT2D eigenvalue weighted by molar-refractivity contribution is -0.384. The topological polar surface area (TPSA) is 134 Å². The van der Waals surface area contributed by atoms with E-state index in [1.54, 1.807) is 24.5 Å². The van der Waals surface area contributed by atoms with Gasteiger partial charge in [-0.05, 0) is 23.8 Å². The van der Waals surface area contributed by atoms with Crippen LogP contribution >= 0.6 is 0 Å². The third-order valence-electron chi connectivity index (χ3n) is 4.13. The summed E-state index contributed by atoms with van der Waals surface area (Å²) >= 11 is 0. The number of hydrogen-bond acceptors (Lipinski definition) is 7. The number of nitro groups is 1. The number of amides is 1. The standard InChI is InChI=1S/C18H14N8O3/c27-18(22-9-13-1-4-17(21-8-13)25-12-20-10-23-25)14-2-3-15(16(7-14)26(28)29)24-6-5-19-11-24/h1-8,10-12H,9H2,(H,22,27). The summed E-state index contributed by atoms with van der Waals surface area (Å²) in [6.45, 7) is 0.223. The van der Waals surface area contributed by atoms with E-state index >= 15 is 0 Å². The van der Waals surface area contributed by atoms with Gasteiger partial charge in [-0.3, -0.25) is 14.9 Å². The minimum absolute atomic E-state index is 0.186. The summed E-state index contributed by atoms with van der Waals surface area (Å²) in [5, 5.41) is 18.1. The molecule has 0 atom stereocenters. The Morgan fingerprint density at radius 1 is 1.17 bits per heavy atom. The van der Waals surface area contributed by atoms with Crippen molar-refractivity contribution in [3.63, 3.8) is 0 Å². The van der Waals surface area contributed by atoms with E-state index in [9.17, 15) is 14.9 Å². The van der Waals surface area contributed by atoms with E-state index in [4.69, 9.17) is 0 Å². The largest absolute Gasteiger partial charge is 0.348 e. The second-order valence-corrected chi connectivity index (χ2v) is 5.98. The van der Waals surface area contributed by atoms with Gasteiger partial charge in [0.1, 0.15) is 18.3 Å². The Labute approximate surface area is 163 Å². The number of carbonyl (C=O) groups is 1. The molecule has 0 saturated heterocycles. The van der Waals surface area contributed by atoms with Crippen LogP contribution in [0.25, 0.3) is 11.5 Å². The summed E-state index contributed by atoms with van der Waals surface area (Å²) in [4.78, 5) is 35.3. The molecule has 1 aromatic carbocycles. The summed E-state index contributed by atoms with van der Waals surface area (Å²) in [6.07, 6.45) is 9.13. The van der Waals surface area contributed by atoms with Gasteiger partial charge in [0.05, 0.1) is 11.3 Å². The Balaban J connectivity index is 1.47. The number of hydrogen-bond donors (Lipinski definition) is 1. The molecule has 0 aliphatic carbocycles. The van der Waals surface area contributed by atoms with Crippen molar-refractivity contribution in [3.8, 4) is 11.5 Å². The average Bonchev–Trinajstić information content (AvgIpc) is 3.46. The van der Waals surface area contributed by atoms with E-state index in [-0.39, 0.29) is 17.8 Å². The number of nitrogens with one attached hydrogen (secondary N) is 1. The Morgan fingerprint density at radius 3 is 2.72 bits per heavy atom. The van der Waals surface area contributed by atoms with E-state index < -0.39 is 10.8 Å². The number of imidazole rings is 1. The Bertz CT molecular complexity index is 1140. The molecule has 0 radical (unpaired) electrons. The zero-order valence-electron chi connectivity index (χ0n) is 14.9. The number of rotatable bonds is 6. The number of aromatic nitrogens is 6. The highest BCUT2D eigenvalue weighted by molar-refractivity contribution is 5.95. The van der Waals surface area contributed by atoms with Crippen LogP contribution in [-0.2, 0) is 6.54 Å². The van der Waals surface area contributed by atoms with Crippen molar-refractivity contribution in [2.45, 2.75) is 6.54 Å². The van der Waals surface area contributed by atoms with Crippen molar-refractivity contribution >= 4 is 11.6 Å². The highest BCUT2D eigenvalue weighted by Gasteiger charge is 2.18.